The Kier molecular flexibility index (Phi) is 6.84. The number of hydrogen-bond acceptors (Lipinski definition) is 0. The van der Waals surface area contributed by atoms with E-state index >= 15 is 0 Å². The van der Waals surface area contributed by atoms with Gasteiger partial charge in [-0.05, 0) is 74.2 Å². The van der Waals surface area contributed by atoms with Gasteiger partial charge in [-0.25, -0.2) is 0 Å². The van der Waals surface area contributed by atoms with Crippen molar-refractivity contribution in [1.82, 2.24) is 0 Å². The average molecular weight is 278 g/mol. The summed E-state index contributed by atoms with van der Waals surface area (Å²) >= 11 is 0. The molecule has 0 fully saturated rings. The Bertz CT molecular complexity index is 524. The molecule has 0 amide bonds. The molecule has 0 atom stereocenters. The second-order valence-electron chi connectivity index (χ2n) is 5.65. The van der Waals surface area contributed by atoms with E-state index in [-0.39, 0.29) is 0 Å². The highest BCUT2D eigenvalue weighted by molar-refractivity contribution is 5.31. The van der Waals surface area contributed by atoms with Crippen molar-refractivity contribution >= 4 is 0 Å². The fourth-order valence-electron chi connectivity index (χ4n) is 2.76. The van der Waals surface area contributed by atoms with E-state index in [2.05, 4.69) is 54.8 Å². The maximum Gasteiger partial charge on any atom is -0.00318 e. The van der Waals surface area contributed by atoms with Crippen LogP contribution in [-0.4, -0.2) is 0 Å². The Labute approximate surface area is 129 Å². The lowest BCUT2D eigenvalue weighted by molar-refractivity contribution is 0.700. The minimum atomic E-state index is 1.05. The topological polar surface area (TPSA) is 0 Å². The van der Waals surface area contributed by atoms with Crippen LogP contribution < -0.4 is 0 Å². The first kappa shape index (κ1) is 15.6. The number of rotatable bonds is 7. The fraction of sp³-hybridized carbons (Fsp3) is 0.381. The van der Waals surface area contributed by atoms with Crippen LogP contribution in [0.4, 0.5) is 0 Å². The average Bonchev–Trinajstić information content (AvgIpc) is 2.56. The van der Waals surface area contributed by atoms with Gasteiger partial charge in [-0.15, -0.1) is 12.3 Å². The molecule has 1 aliphatic rings. The molecule has 1 aromatic carbocycles. The summed E-state index contributed by atoms with van der Waals surface area (Å²) in [5, 5.41) is 0. The molecule has 0 nitrogen and oxygen atoms in total. The molecule has 0 bridgehead atoms. The summed E-state index contributed by atoms with van der Waals surface area (Å²) in [6.07, 6.45) is 16.1. The number of benzene rings is 1. The molecule has 0 radical (unpaired) electrons. The molecule has 0 N–H and O–H groups in total. The number of aryl methyl sites for hydroxylation is 1. The van der Waals surface area contributed by atoms with Crippen LogP contribution in [0.25, 0.3) is 0 Å². The second-order valence-corrected chi connectivity index (χ2v) is 5.65. The highest BCUT2D eigenvalue weighted by atomic mass is 14.1. The molecule has 0 heteroatoms. The predicted octanol–water partition coefficient (Wildman–Crippen LogP) is 6.17. The van der Waals surface area contributed by atoms with Crippen molar-refractivity contribution in [3.05, 3.63) is 77.6 Å². The summed E-state index contributed by atoms with van der Waals surface area (Å²) in [6.45, 7) is 3.84. The molecule has 0 unspecified atom stereocenters. The molecular weight excluding hydrogens is 252 g/mol. The molecule has 0 aromatic heterocycles. The zero-order valence-corrected chi connectivity index (χ0v) is 13.0. The summed E-state index contributed by atoms with van der Waals surface area (Å²) < 4.78 is 0. The molecule has 21 heavy (non-hydrogen) atoms. The summed E-state index contributed by atoms with van der Waals surface area (Å²) in [7, 11) is 0. The SMILES string of the molecule is C=CCCC(=C=CCCc1ccccc1)C1=CCCCC1. The van der Waals surface area contributed by atoms with Crippen LogP contribution in [0.2, 0.25) is 0 Å². The molecule has 1 aliphatic carbocycles. The minimum Gasteiger partial charge on any atom is -0.121 e. The van der Waals surface area contributed by atoms with E-state index in [4.69, 9.17) is 0 Å². The van der Waals surface area contributed by atoms with Crippen LogP contribution in [0.1, 0.15) is 50.5 Å². The largest absolute Gasteiger partial charge is 0.121 e. The lowest BCUT2D eigenvalue weighted by Gasteiger charge is -2.14. The molecule has 0 saturated carbocycles. The van der Waals surface area contributed by atoms with Crippen LogP contribution in [0.3, 0.4) is 0 Å². The normalized spacial score (nSPS) is 14.0. The maximum absolute atomic E-state index is 3.84. The maximum atomic E-state index is 3.84. The second kappa shape index (κ2) is 9.21. The van der Waals surface area contributed by atoms with Crippen LogP contribution in [0.15, 0.2) is 72.0 Å². The number of hydrogen-bond donors (Lipinski definition) is 0. The molecule has 1 aromatic rings. The first-order valence-electron chi connectivity index (χ1n) is 8.18. The zero-order chi connectivity index (χ0) is 14.8. The first-order valence-corrected chi connectivity index (χ1v) is 8.18. The Morgan fingerprint density at radius 2 is 2.00 bits per heavy atom. The number of allylic oxidation sites excluding steroid dienone is 4. The first-order chi connectivity index (χ1) is 10.4. The third kappa shape index (κ3) is 5.61. The van der Waals surface area contributed by atoms with Crippen LogP contribution in [-0.2, 0) is 6.42 Å². The Balaban J connectivity index is 1.99. The van der Waals surface area contributed by atoms with Crippen molar-refractivity contribution in [3.8, 4) is 0 Å². The van der Waals surface area contributed by atoms with E-state index in [1.165, 1.54) is 42.4 Å². The van der Waals surface area contributed by atoms with Gasteiger partial charge in [0, 0.05) is 0 Å². The standard InChI is InChI=1S/C21H26/c1-2-3-15-20(21-16-8-5-9-17-21)18-11-10-14-19-12-6-4-7-13-19/h2,4,6-7,11-13,16H,1,3,5,8-10,14-15,17H2. The van der Waals surface area contributed by atoms with Crippen molar-refractivity contribution in [1.29, 1.82) is 0 Å². The van der Waals surface area contributed by atoms with Gasteiger partial charge in [0.1, 0.15) is 0 Å². The van der Waals surface area contributed by atoms with Gasteiger partial charge >= 0.3 is 0 Å². The minimum absolute atomic E-state index is 1.05. The van der Waals surface area contributed by atoms with Crippen molar-refractivity contribution in [2.45, 2.75) is 51.4 Å². The molecule has 0 aliphatic heterocycles. The van der Waals surface area contributed by atoms with E-state index in [1.807, 2.05) is 6.08 Å². The van der Waals surface area contributed by atoms with Crippen molar-refractivity contribution in [3.63, 3.8) is 0 Å². The third-order valence-electron chi connectivity index (χ3n) is 3.97. The highest BCUT2D eigenvalue weighted by Crippen LogP contribution is 2.26. The molecule has 0 saturated heterocycles. The Hall–Kier alpha value is -1.78. The van der Waals surface area contributed by atoms with Gasteiger partial charge in [0.05, 0.1) is 0 Å². The molecule has 2 rings (SSSR count). The lowest BCUT2D eigenvalue weighted by Crippen LogP contribution is -1.95. The highest BCUT2D eigenvalue weighted by Gasteiger charge is 2.07. The molecule has 0 spiro atoms. The van der Waals surface area contributed by atoms with E-state index < -0.39 is 0 Å². The van der Waals surface area contributed by atoms with Crippen molar-refractivity contribution < 1.29 is 0 Å². The van der Waals surface area contributed by atoms with E-state index in [0.29, 0.717) is 0 Å². The van der Waals surface area contributed by atoms with Gasteiger partial charge < -0.3 is 0 Å². The fourth-order valence-corrected chi connectivity index (χ4v) is 2.76. The monoisotopic (exact) mass is 278 g/mol. The third-order valence-corrected chi connectivity index (χ3v) is 3.97. The quantitative estimate of drug-likeness (QED) is 0.413. The van der Waals surface area contributed by atoms with Crippen molar-refractivity contribution in [2.75, 3.05) is 0 Å². The predicted molar refractivity (Wildman–Crippen MR) is 92.3 cm³/mol. The summed E-state index contributed by atoms with van der Waals surface area (Å²) in [6, 6.07) is 10.7. The summed E-state index contributed by atoms with van der Waals surface area (Å²) in [5.74, 6) is 0. The molecule has 110 valence electrons. The van der Waals surface area contributed by atoms with Crippen LogP contribution in [0, 0.1) is 0 Å². The summed E-state index contributed by atoms with van der Waals surface area (Å²) in [5.41, 5.74) is 7.91. The van der Waals surface area contributed by atoms with Gasteiger partial charge in [0.25, 0.3) is 0 Å². The molecular formula is C21H26. The van der Waals surface area contributed by atoms with Gasteiger partial charge in [0.15, 0.2) is 0 Å². The van der Waals surface area contributed by atoms with Gasteiger partial charge in [0.2, 0.25) is 0 Å². The zero-order valence-electron chi connectivity index (χ0n) is 13.0. The Morgan fingerprint density at radius 1 is 1.14 bits per heavy atom. The Morgan fingerprint density at radius 3 is 2.71 bits per heavy atom. The van der Waals surface area contributed by atoms with Crippen molar-refractivity contribution in [2.24, 2.45) is 0 Å². The lowest BCUT2D eigenvalue weighted by atomic mass is 9.91. The van der Waals surface area contributed by atoms with Gasteiger partial charge in [-0.2, -0.15) is 0 Å². The molecule has 0 heterocycles. The van der Waals surface area contributed by atoms with Gasteiger partial charge in [-0.3, -0.25) is 0 Å². The van der Waals surface area contributed by atoms with E-state index in [1.54, 1.807) is 0 Å². The van der Waals surface area contributed by atoms with Gasteiger partial charge in [-0.1, -0.05) is 42.5 Å². The smallest absolute Gasteiger partial charge is 0.00318 e. The summed E-state index contributed by atoms with van der Waals surface area (Å²) in [4.78, 5) is 0. The van der Waals surface area contributed by atoms with Crippen LogP contribution >= 0.6 is 0 Å². The van der Waals surface area contributed by atoms with E-state index in [0.717, 1.165) is 25.7 Å². The van der Waals surface area contributed by atoms with E-state index in [9.17, 15) is 0 Å². The van der Waals surface area contributed by atoms with Crippen LogP contribution in [0.5, 0.6) is 0 Å².